The molecule has 0 atom stereocenters. The van der Waals surface area contributed by atoms with Gasteiger partial charge in [-0.25, -0.2) is 12.7 Å². The SMILES string of the molecule is C=CCCN(C)S(=O)(=O)c1ccc([N+](=O)[O-])c(F)c1. The fourth-order valence-corrected chi connectivity index (χ4v) is 2.57. The minimum absolute atomic E-state index is 0.199. The Morgan fingerprint density at radius 3 is 2.63 bits per heavy atom. The van der Waals surface area contributed by atoms with Crippen molar-refractivity contribution in [3.05, 3.63) is 46.8 Å². The minimum Gasteiger partial charge on any atom is -0.258 e. The van der Waals surface area contributed by atoms with Gasteiger partial charge < -0.3 is 0 Å². The molecule has 1 rings (SSSR count). The Morgan fingerprint density at radius 2 is 2.16 bits per heavy atom. The first-order chi connectivity index (χ1) is 8.80. The summed E-state index contributed by atoms with van der Waals surface area (Å²) in [6.07, 6.45) is 2.01. The topological polar surface area (TPSA) is 80.5 Å². The highest BCUT2D eigenvalue weighted by Gasteiger charge is 2.23. The van der Waals surface area contributed by atoms with E-state index >= 15 is 0 Å². The largest absolute Gasteiger partial charge is 0.304 e. The van der Waals surface area contributed by atoms with Gasteiger partial charge in [0.25, 0.3) is 0 Å². The van der Waals surface area contributed by atoms with E-state index in [-0.39, 0.29) is 11.4 Å². The van der Waals surface area contributed by atoms with Crippen molar-refractivity contribution in [2.45, 2.75) is 11.3 Å². The van der Waals surface area contributed by atoms with E-state index in [1.165, 1.54) is 7.05 Å². The van der Waals surface area contributed by atoms with Gasteiger partial charge >= 0.3 is 5.69 Å². The number of nitro benzene ring substituents is 1. The van der Waals surface area contributed by atoms with Crippen molar-refractivity contribution in [2.24, 2.45) is 0 Å². The van der Waals surface area contributed by atoms with Crippen molar-refractivity contribution in [1.29, 1.82) is 0 Å². The third kappa shape index (κ3) is 3.36. The van der Waals surface area contributed by atoms with Crippen LogP contribution in [0.2, 0.25) is 0 Å². The van der Waals surface area contributed by atoms with Crippen molar-refractivity contribution >= 4 is 15.7 Å². The molecule has 6 nitrogen and oxygen atoms in total. The summed E-state index contributed by atoms with van der Waals surface area (Å²) in [6.45, 7) is 3.67. The van der Waals surface area contributed by atoms with Gasteiger partial charge in [-0.3, -0.25) is 10.1 Å². The molecule has 0 bridgehead atoms. The Balaban J connectivity index is 3.12. The normalized spacial score (nSPS) is 11.5. The van der Waals surface area contributed by atoms with E-state index in [4.69, 9.17) is 0 Å². The molecule has 104 valence electrons. The predicted octanol–water partition coefficient (Wildman–Crippen LogP) is 1.93. The molecule has 8 heteroatoms. The Kier molecular flexibility index (Phi) is 4.73. The molecule has 19 heavy (non-hydrogen) atoms. The molecule has 0 aliphatic rings. The van der Waals surface area contributed by atoms with E-state index < -0.39 is 26.5 Å². The van der Waals surface area contributed by atoms with Gasteiger partial charge in [0.1, 0.15) is 0 Å². The number of nitrogens with zero attached hydrogens (tertiary/aromatic N) is 2. The highest BCUT2D eigenvalue weighted by atomic mass is 32.2. The van der Waals surface area contributed by atoms with Crippen LogP contribution in [-0.4, -0.2) is 31.2 Å². The lowest BCUT2D eigenvalue weighted by Crippen LogP contribution is -2.27. The molecule has 0 saturated carbocycles. The van der Waals surface area contributed by atoms with Crippen LogP contribution >= 0.6 is 0 Å². The number of sulfonamides is 1. The Bertz CT molecular complexity index is 601. The van der Waals surface area contributed by atoms with Gasteiger partial charge in [0.05, 0.1) is 9.82 Å². The van der Waals surface area contributed by atoms with Crippen LogP contribution in [0.1, 0.15) is 6.42 Å². The molecule has 0 aliphatic carbocycles. The molecule has 1 aromatic rings. The molecular formula is C11H13FN2O4S. The van der Waals surface area contributed by atoms with Gasteiger partial charge in [0.15, 0.2) is 0 Å². The van der Waals surface area contributed by atoms with Crippen molar-refractivity contribution in [1.82, 2.24) is 4.31 Å². The smallest absolute Gasteiger partial charge is 0.258 e. The molecule has 0 amide bonds. The average Bonchev–Trinajstić information content (AvgIpc) is 2.35. The summed E-state index contributed by atoms with van der Waals surface area (Å²) in [5.74, 6) is -1.18. The number of hydrogen-bond acceptors (Lipinski definition) is 4. The van der Waals surface area contributed by atoms with Gasteiger partial charge in [-0.15, -0.1) is 6.58 Å². The molecule has 0 saturated heterocycles. The second-order valence-corrected chi connectivity index (χ2v) is 5.82. The molecule has 0 spiro atoms. The molecule has 0 heterocycles. The number of halogens is 1. The molecular weight excluding hydrogens is 275 g/mol. The summed E-state index contributed by atoms with van der Waals surface area (Å²) >= 11 is 0. The van der Waals surface area contributed by atoms with E-state index in [2.05, 4.69) is 6.58 Å². The maximum atomic E-state index is 13.4. The Hall–Kier alpha value is -1.80. The van der Waals surface area contributed by atoms with Crippen molar-refractivity contribution in [3.63, 3.8) is 0 Å². The summed E-state index contributed by atoms with van der Waals surface area (Å²) in [7, 11) is -2.51. The third-order valence-corrected chi connectivity index (χ3v) is 4.32. The predicted molar refractivity (Wildman–Crippen MR) is 67.7 cm³/mol. The number of nitro groups is 1. The van der Waals surface area contributed by atoms with E-state index in [1.807, 2.05) is 0 Å². The second-order valence-electron chi connectivity index (χ2n) is 3.77. The fourth-order valence-electron chi connectivity index (χ4n) is 1.37. The van der Waals surface area contributed by atoms with Crippen LogP contribution in [0.3, 0.4) is 0 Å². The molecule has 0 fully saturated rings. The summed E-state index contributed by atoms with van der Waals surface area (Å²) in [6, 6.07) is 2.50. The number of benzene rings is 1. The summed E-state index contributed by atoms with van der Waals surface area (Å²) in [4.78, 5) is 9.23. The van der Waals surface area contributed by atoms with Crippen LogP contribution < -0.4 is 0 Å². The van der Waals surface area contributed by atoms with Gasteiger partial charge in [-0.1, -0.05) is 6.08 Å². The van der Waals surface area contributed by atoms with Crippen molar-refractivity contribution < 1.29 is 17.7 Å². The summed E-state index contributed by atoms with van der Waals surface area (Å²) < 4.78 is 38.5. The summed E-state index contributed by atoms with van der Waals surface area (Å²) in [5, 5.41) is 10.5. The molecule has 0 aromatic heterocycles. The quantitative estimate of drug-likeness (QED) is 0.455. The van der Waals surface area contributed by atoms with Crippen LogP contribution in [0.15, 0.2) is 35.7 Å². The van der Waals surface area contributed by atoms with Gasteiger partial charge in [-0.05, 0) is 12.5 Å². The second kappa shape index (κ2) is 5.89. The number of rotatable bonds is 6. The van der Waals surface area contributed by atoms with Gasteiger partial charge in [0.2, 0.25) is 15.8 Å². The molecule has 1 aromatic carbocycles. The first kappa shape index (κ1) is 15.3. The van der Waals surface area contributed by atoms with Gasteiger partial charge in [0, 0.05) is 25.7 Å². The first-order valence-electron chi connectivity index (χ1n) is 5.32. The third-order valence-electron chi connectivity index (χ3n) is 2.47. The highest BCUT2D eigenvalue weighted by Crippen LogP contribution is 2.22. The van der Waals surface area contributed by atoms with E-state index in [0.29, 0.717) is 12.5 Å². The van der Waals surface area contributed by atoms with Gasteiger partial charge in [-0.2, -0.15) is 4.39 Å². The lowest BCUT2D eigenvalue weighted by atomic mass is 10.3. The zero-order valence-electron chi connectivity index (χ0n) is 10.2. The Labute approximate surface area is 110 Å². The van der Waals surface area contributed by atoms with Crippen LogP contribution in [0, 0.1) is 15.9 Å². The molecule has 0 unspecified atom stereocenters. The van der Waals surface area contributed by atoms with Crippen molar-refractivity contribution in [3.8, 4) is 0 Å². The molecule has 0 N–H and O–H groups in total. The van der Waals surface area contributed by atoms with E-state index in [9.17, 15) is 22.9 Å². The lowest BCUT2D eigenvalue weighted by Gasteiger charge is -2.16. The molecule has 0 aliphatic heterocycles. The highest BCUT2D eigenvalue weighted by molar-refractivity contribution is 7.89. The lowest BCUT2D eigenvalue weighted by molar-refractivity contribution is -0.387. The number of hydrogen-bond donors (Lipinski definition) is 0. The maximum Gasteiger partial charge on any atom is 0.304 e. The molecule has 0 radical (unpaired) electrons. The average molecular weight is 288 g/mol. The van der Waals surface area contributed by atoms with Crippen LogP contribution in [0.5, 0.6) is 0 Å². The van der Waals surface area contributed by atoms with E-state index in [1.54, 1.807) is 6.08 Å². The minimum atomic E-state index is -3.85. The van der Waals surface area contributed by atoms with E-state index in [0.717, 1.165) is 16.4 Å². The fraction of sp³-hybridized carbons (Fsp3) is 0.273. The van der Waals surface area contributed by atoms with Crippen LogP contribution in [0.25, 0.3) is 0 Å². The Morgan fingerprint density at radius 1 is 1.53 bits per heavy atom. The van der Waals surface area contributed by atoms with Crippen LogP contribution in [0.4, 0.5) is 10.1 Å². The first-order valence-corrected chi connectivity index (χ1v) is 6.76. The standard InChI is InChI=1S/C11H13FN2O4S/c1-3-4-7-13(2)19(17,18)9-5-6-11(14(15)16)10(12)8-9/h3,5-6,8H,1,4,7H2,2H3. The zero-order valence-corrected chi connectivity index (χ0v) is 11.1. The zero-order chi connectivity index (χ0) is 14.6. The van der Waals surface area contributed by atoms with Crippen molar-refractivity contribution in [2.75, 3.05) is 13.6 Å². The van der Waals surface area contributed by atoms with Crippen LogP contribution in [-0.2, 0) is 10.0 Å². The summed E-state index contributed by atoms with van der Waals surface area (Å²) in [5.41, 5.74) is -0.757. The monoisotopic (exact) mass is 288 g/mol. The maximum absolute atomic E-state index is 13.4.